The highest BCUT2D eigenvalue weighted by atomic mass is 15.3. The van der Waals surface area contributed by atoms with Gasteiger partial charge in [0.25, 0.3) is 0 Å². The van der Waals surface area contributed by atoms with E-state index in [1.165, 1.54) is 12.8 Å². The van der Waals surface area contributed by atoms with Gasteiger partial charge < -0.3 is 15.5 Å². The molecule has 3 N–H and O–H groups in total. The molecule has 6 heterocycles. The van der Waals surface area contributed by atoms with Crippen LogP contribution in [0.5, 0.6) is 0 Å². The molecule has 200 valence electrons. The number of anilines is 3. The first-order valence-corrected chi connectivity index (χ1v) is 13.9. The number of rotatable bonds is 8. The van der Waals surface area contributed by atoms with Crippen LogP contribution in [0.3, 0.4) is 0 Å². The molecule has 10 heteroatoms. The smallest absolute Gasteiger partial charge is 0.153 e. The standard InChI is InChI=1S/C28H38N10/c1-19-14-27(35-34-19)32-26-17-25-24(7-4-20(30-25)18-37-12-10-36(2)11-13-37)28(33-26)31-21-15-22-5-6-23(16-21)38(22)9-3-8-29/h4,7,14,17,21-23H,3,5-6,9-13,15-16,18H2,1-2H3,(H3,31,32,33,34,35)/t21?,22-,23+. The number of nitriles is 1. The summed E-state index contributed by atoms with van der Waals surface area (Å²) in [6.45, 7) is 8.08. The van der Waals surface area contributed by atoms with Crippen molar-refractivity contribution in [3.05, 3.63) is 35.7 Å². The van der Waals surface area contributed by atoms with Gasteiger partial charge in [0.1, 0.15) is 11.6 Å². The number of nitrogens with one attached hydrogen (secondary N) is 3. The minimum atomic E-state index is 0.356. The van der Waals surface area contributed by atoms with Crippen LogP contribution in [0.25, 0.3) is 10.9 Å². The van der Waals surface area contributed by atoms with Gasteiger partial charge in [0.15, 0.2) is 5.82 Å². The lowest BCUT2D eigenvalue weighted by atomic mass is 9.97. The highest BCUT2D eigenvalue weighted by molar-refractivity contribution is 5.91. The maximum atomic E-state index is 9.07. The number of pyridine rings is 2. The molecule has 3 aromatic rings. The van der Waals surface area contributed by atoms with E-state index in [0.29, 0.717) is 24.5 Å². The Morgan fingerprint density at radius 3 is 2.55 bits per heavy atom. The van der Waals surface area contributed by atoms with Crippen molar-refractivity contribution in [1.82, 2.24) is 34.9 Å². The Morgan fingerprint density at radius 2 is 1.84 bits per heavy atom. The Hall–Kier alpha value is -3.26. The summed E-state index contributed by atoms with van der Waals surface area (Å²) in [5.41, 5.74) is 3.03. The molecule has 3 saturated heterocycles. The summed E-state index contributed by atoms with van der Waals surface area (Å²) in [7, 11) is 2.18. The van der Waals surface area contributed by atoms with E-state index >= 15 is 0 Å². The molecule has 0 aliphatic carbocycles. The van der Waals surface area contributed by atoms with Crippen molar-refractivity contribution >= 4 is 28.4 Å². The second-order valence-corrected chi connectivity index (χ2v) is 11.2. The average Bonchev–Trinajstić information content (AvgIpc) is 3.42. The zero-order chi connectivity index (χ0) is 26.1. The number of fused-ring (bicyclic) bond motifs is 3. The fourth-order valence-corrected chi connectivity index (χ4v) is 6.41. The predicted molar refractivity (Wildman–Crippen MR) is 149 cm³/mol. The van der Waals surface area contributed by atoms with Crippen LogP contribution in [-0.2, 0) is 6.54 Å². The number of likely N-dealkylation sites (N-methyl/N-ethyl adjacent to an activating group) is 1. The monoisotopic (exact) mass is 514 g/mol. The largest absolute Gasteiger partial charge is 0.367 e. The minimum Gasteiger partial charge on any atom is -0.367 e. The number of H-pyrrole nitrogens is 1. The molecule has 38 heavy (non-hydrogen) atoms. The summed E-state index contributed by atoms with van der Waals surface area (Å²) in [4.78, 5) is 17.5. The number of piperazine rings is 1. The molecule has 10 nitrogen and oxygen atoms in total. The van der Waals surface area contributed by atoms with E-state index in [1.54, 1.807) is 0 Å². The maximum Gasteiger partial charge on any atom is 0.153 e. The summed E-state index contributed by atoms with van der Waals surface area (Å²) in [6, 6.07) is 12.1. The molecule has 1 unspecified atom stereocenters. The van der Waals surface area contributed by atoms with Crippen molar-refractivity contribution in [3.63, 3.8) is 0 Å². The average molecular weight is 515 g/mol. The number of aromatic nitrogens is 4. The molecule has 3 fully saturated rings. The number of hydrogen-bond donors (Lipinski definition) is 3. The quantitative estimate of drug-likeness (QED) is 0.416. The Bertz CT molecular complexity index is 1290. The van der Waals surface area contributed by atoms with Gasteiger partial charge in [-0.1, -0.05) is 0 Å². The molecule has 3 atom stereocenters. The van der Waals surface area contributed by atoms with Crippen LogP contribution >= 0.6 is 0 Å². The Labute approximate surface area is 224 Å². The fourth-order valence-electron chi connectivity index (χ4n) is 6.41. The van der Waals surface area contributed by atoms with Crippen molar-refractivity contribution in [1.29, 1.82) is 5.26 Å². The molecule has 3 aromatic heterocycles. The molecular formula is C28H38N10. The summed E-state index contributed by atoms with van der Waals surface area (Å²) in [5.74, 6) is 2.37. The van der Waals surface area contributed by atoms with E-state index in [-0.39, 0.29) is 0 Å². The number of piperidine rings is 1. The fraction of sp³-hybridized carbons (Fsp3) is 0.571. The number of aromatic amines is 1. The van der Waals surface area contributed by atoms with Crippen molar-refractivity contribution in [3.8, 4) is 6.07 Å². The first-order valence-electron chi connectivity index (χ1n) is 13.9. The molecular weight excluding hydrogens is 476 g/mol. The summed E-state index contributed by atoms with van der Waals surface area (Å²) < 4.78 is 0. The van der Waals surface area contributed by atoms with E-state index in [9.17, 15) is 0 Å². The van der Waals surface area contributed by atoms with Gasteiger partial charge in [-0.3, -0.25) is 19.9 Å². The van der Waals surface area contributed by atoms with Gasteiger partial charge in [0.05, 0.1) is 17.3 Å². The molecule has 2 bridgehead atoms. The summed E-state index contributed by atoms with van der Waals surface area (Å²) in [6.07, 6.45) is 5.21. The summed E-state index contributed by atoms with van der Waals surface area (Å²) >= 11 is 0. The van der Waals surface area contributed by atoms with Crippen LogP contribution in [0.2, 0.25) is 0 Å². The summed E-state index contributed by atoms with van der Waals surface area (Å²) in [5, 5.41) is 24.6. The van der Waals surface area contributed by atoms with Crippen LogP contribution in [0.15, 0.2) is 24.3 Å². The van der Waals surface area contributed by atoms with Crippen molar-refractivity contribution in [2.24, 2.45) is 0 Å². The predicted octanol–water partition coefficient (Wildman–Crippen LogP) is 3.47. The highest BCUT2D eigenvalue weighted by Crippen LogP contribution is 2.37. The molecule has 0 aromatic carbocycles. The van der Waals surface area contributed by atoms with E-state index in [2.05, 4.69) is 60.8 Å². The van der Waals surface area contributed by atoms with Crippen molar-refractivity contribution in [2.45, 2.75) is 63.7 Å². The molecule has 3 aliphatic heterocycles. The first kappa shape index (κ1) is 25.0. The third-order valence-corrected chi connectivity index (χ3v) is 8.39. The molecule has 0 saturated carbocycles. The maximum absolute atomic E-state index is 9.07. The number of nitrogens with zero attached hydrogens (tertiary/aromatic N) is 7. The molecule has 0 amide bonds. The minimum absolute atomic E-state index is 0.356. The lowest BCUT2D eigenvalue weighted by Crippen LogP contribution is -2.47. The zero-order valence-corrected chi connectivity index (χ0v) is 22.5. The van der Waals surface area contributed by atoms with Gasteiger partial charge in [-0.15, -0.1) is 0 Å². The number of hydrogen-bond acceptors (Lipinski definition) is 9. The first-order chi connectivity index (χ1) is 18.5. The SMILES string of the molecule is Cc1cc(Nc2cc3nc(CN4CCN(C)CC4)ccc3c(NC3C[C@H]4CC[C@@H](C3)N4CCC#N)n2)n[nH]1. The Balaban J connectivity index is 1.25. The van der Waals surface area contributed by atoms with Crippen LogP contribution < -0.4 is 10.6 Å². The molecule has 0 radical (unpaired) electrons. The molecule has 3 aliphatic rings. The van der Waals surface area contributed by atoms with Crippen molar-refractivity contribution < 1.29 is 0 Å². The second kappa shape index (κ2) is 10.8. The van der Waals surface area contributed by atoms with Gasteiger partial charge in [0, 0.05) is 87.0 Å². The van der Waals surface area contributed by atoms with Crippen LogP contribution in [0.4, 0.5) is 17.5 Å². The lowest BCUT2D eigenvalue weighted by Gasteiger charge is -2.39. The van der Waals surface area contributed by atoms with Gasteiger partial charge in [-0.05, 0) is 51.8 Å². The third-order valence-electron chi connectivity index (χ3n) is 8.39. The van der Waals surface area contributed by atoms with Crippen molar-refractivity contribution in [2.75, 3.05) is 50.4 Å². The van der Waals surface area contributed by atoms with Crippen LogP contribution in [0.1, 0.15) is 43.5 Å². The van der Waals surface area contributed by atoms with Gasteiger partial charge in [-0.2, -0.15) is 10.4 Å². The highest BCUT2D eigenvalue weighted by Gasteiger charge is 2.40. The van der Waals surface area contributed by atoms with Gasteiger partial charge in [0.2, 0.25) is 0 Å². The van der Waals surface area contributed by atoms with E-state index < -0.39 is 0 Å². The Kier molecular flexibility index (Phi) is 7.15. The van der Waals surface area contributed by atoms with Gasteiger partial charge >= 0.3 is 0 Å². The normalized spacial score (nSPS) is 24.5. The Morgan fingerprint density at radius 1 is 1.05 bits per heavy atom. The van der Waals surface area contributed by atoms with E-state index in [0.717, 1.165) is 91.9 Å². The van der Waals surface area contributed by atoms with E-state index in [4.69, 9.17) is 15.2 Å². The van der Waals surface area contributed by atoms with E-state index in [1.807, 2.05) is 19.1 Å². The zero-order valence-electron chi connectivity index (χ0n) is 22.5. The molecule has 0 spiro atoms. The topological polar surface area (TPSA) is 112 Å². The van der Waals surface area contributed by atoms with Gasteiger partial charge in [-0.25, -0.2) is 4.98 Å². The van der Waals surface area contributed by atoms with Crippen LogP contribution in [0, 0.1) is 18.3 Å². The number of aryl methyl sites for hydroxylation is 1. The second-order valence-electron chi connectivity index (χ2n) is 11.2. The van der Waals surface area contributed by atoms with Crippen LogP contribution in [-0.4, -0.2) is 92.8 Å². The lowest BCUT2D eigenvalue weighted by molar-refractivity contribution is 0.136. The third kappa shape index (κ3) is 5.46. The molecule has 6 rings (SSSR count).